The van der Waals surface area contributed by atoms with Gasteiger partial charge in [0.25, 0.3) is 0 Å². The van der Waals surface area contributed by atoms with Crippen LogP contribution in [-0.4, -0.2) is 19.1 Å². The van der Waals surface area contributed by atoms with E-state index in [-0.39, 0.29) is 0 Å². The number of benzene rings is 1. The highest BCUT2D eigenvalue weighted by molar-refractivity contribution is 5.75. The lowest BCUT2D eigenvalue weighted by Gasteiger charge is -2.08. The van der Waals surface area contributed by atoms with Gasteiger partial charge in [0.15, 0.2) is 0 Å². The molecule has 0 aliphatic carbocycles. The van der Waals surface area contributed by atoms with Gasteiger partial charge < -0.3 is 19.6 Å². The molecule has 112 valence electrons. The molecule has 1 aromatic carbocycles. The highest BCUT2D eigenvalue weighted by Crippen LogP contribution is 2.19. The first kappa shape index (κ1) is 15.1. The Hall–Kier alpha value is -2.27. The summed E-state index contributed by atoms with van der Waals surface area (Å²) < 4.78 is 15.9. The molecule has 0 aliphatic rings. The van der Waals surface area contributed by atoms with E-state index in [2.05, 4.69) is 4.74 Å². The number of carbonyl (C=O) groups excluding carboxylic acids is 1. The second-order valence-electron chi connectivity index (χ2n) is 4.76. The highest BCUT2D eigenvalue weighted by Gasteiger charge is 2.16. The third-order valence-corrected chi connectivity index (χ3v) is 3.11. The van der Waals surface area contributed by atoms with Gasteiger partial charge in [-0.2, -0.15) is 0 Å². The van der Waals surface area contributed by atoms with E-state index in [1.165, 1.54) is 7.11 Å². The molecule has 0 amide bonds. The molecule has 21 heavy (non-hydrogen) atoms. The molecule has 0 aliphatic heterocycles. The largest absolute Gasteiger partial charge is 0.485 e. The summed E-state index contributed by atoms with van der Waals surface area (Å²) in [4.78, 5) is 11.3. The van der Waals surface area contributed by atoms with Crippen LogP contribution in [0.25, 0.3) is 0 Å². The third kappa shape index (κ3) is 4.10. The number of ether oxygens (including phenoxy) is 2. The van der Waals surface area contributed by atoms with Crippen molar-refractivity contribution in [3.63, 3.8) is 0 Å². The van der Waals surface area contributed by atoms with E-state index in [0.29, 0.717) is 24.5 Å². The molecule has 5 nitrogen and oxygen atoms in total. The first-order chi connectivity index (χ1) is 10.1. The predicted octanol–water partition coefficient (Wildman–Crippen LogP) is 2.21. The van der Waals surface area contributed by atoms with Crippen LogP contribution in [0.4, 0.5) is 0 Å². The van der Waals surface area contributed by atoms with Crippen LogP contribution in [0.2, 0.25) is 0 Å². The zero-order valence-corrected chi connectivity index (χ0v) is 12.2. The maximum Gasteiger partial charge on any atom is 0.323 e. The molecule has 0 radical (unpaired) electrons. The van der Waals surface area contributed by atoms with E-state index >= 15 is 0 Å². The van der Waals surface area contributed by atoms with Gasteiger partial charge in [0, 0.05) is 6.42 Å². The third-order valence-electron chi connectivity index (χ3n) is 3.11. The standard InChI is InChI=1S/C16H19NO4/c1-11-5-3-4-6-15(11)20-10-13-8-7-12(21-13)9-14(17)16(18)19-2/h3-8,14H,9-10,17H2,1-2H3. The topological polar surface area (TPSA) is 74.7 Å². The lowest BCUT2D eigenvalue weighted by Crippen LogP contribution is -2.33. The van der Waals surface area contributed by atoms with Crippen molar-refractivity contribution in [1.29, 1.82) is 0 Å². The summed E-state index contributed by atoms with van der Waals surface area (Å²) >= 11 is 0. The van der Waals surface area contributed by atoms with Crippen LogP contribution in [0.15, 0.2) is 40.8 Å². The van der Waals surface area contributed by atoms with Crippen LogP contribution in [0.1, 0.15) is 17.1 Å². The lowest BCUT2D eigenvalue weighted by molar-refractivity contribution is -0.142. The van der Waals surface area contributed by atoms with E-state index in [4.69, 9.17) is 14.9 Å². The Kier molecular flexibility index (Phi) is 5.00. The molecule has 0 spiro atoms. The van der Waals surface area contributed by atoms with Crippen molar-refractivity contribution in [2.24, 2.45) is 5.73 Å². The number of methoxy groups -OCH3 is 1. The fourth-order valence-electron chi connectivity index (χ4n) is 1.93. The van der Waals surface area contributed by atoms with Gasteiger partial charge in [-0.1, -0.05) is 18.2 Å². The van der Waals surface area contributed by atoms with Crippen molar-refractivity contribution >= 4 is 5.97 Å². The summed E-state index contributed by atoms with van der Waals surface area (Å²) in [5, 5.41) is 0. The van der Waals surface area contributed by atoms with Gasteiger partial charge in [-0.15, -0.1) is 0 Å². The molecule has 2 N–H and O–H groups in total. The number of rotatable bonds is 6. The van der Waals surface area contributed by atoms with Crippen molar-refractivity contribution in [3.8, 4) is 5.75 Å². The van der Waals surface area contributed by atoms with E-state index in [1.807, 2.05) is 37.3 Å². The lowest BCUT2D eigenvalue weighted by atomic mass is 10.2. The molecular weight excluding hydrogens is 270 g/mol. The zero-order valence-electron chi connectivity index (χ0n) is 12.2. The van der Waals surface area contributed by atoms with Crippen molar-refractivity contribution in [2.45, 2.75) is 26.0 Å². The van der Waals surface area contributed by atoms with E-state index < -0.39 is 12.0 Å². The van der Waals surface area contributed by atoms with E-state index in [0.717, 1.165) is 11.3 Å². The second-order valence-corrected chi connectivity index (χ2v) is 4.76. The predicted molar refractivity (Wildman–Crippen MR) is 77.9 cm³/mol. The van der Waals surface area contributed by atoms with Gasteiger partial charge in [0.05, 0.1) is 7.11 Å². The van der Waals surface area contributed by atoms with Gasteiger partial charge in [-0.25, -0.2) is 0 Å². The van der Waals surface area contributed by atoms with Crippen LogP contribution >= 0.6 is 0 Å². The minimum Gasteiger partial charge on any atom is -0.485 e. The van der Waals surface area contributed by atoms with Crippen molar-refractivity contribution < 1.29 is 18.7 Å². The number of aryl methyl sites for hydroxylation is 1. The number of furan rings is 1. The Bertz CT molecular complexity index is 606. The molecule has 1 heterocycles. The van der Waals surface area contributed by atoms with Crippen LogP contribution in [-0.2, 0) is 22.6 Å². The fourth-order valence-corrected chi connectivity index (χ4v) is 1.93. The number of carbonyl (C=O) groups is 1. The van der Waals surface area contributed by atoms with Gasteiger partial charge in [-0.3, -0.25) is 4.79 Å². The number of esters is 1. The number of hydrogen-bond acceptors (Lipinski definition) is 5. The van der Waals surface area contributed by atoms with Gasteiger partial charge in [0.2, 0.25) is 0 Å². The average molecular weight is 289 g/mol. The molecular formula is C16H19NO4. The molecule has 1 atom stereocenters. The van der Waals surface area contributed by atoms with Gasteiger partial charge >= 0.3 is 5.97 Å². The SMILES string of the molecule is COC(=O)C(N)Cc1ccc(COc2ccccc2C)o1. The minimum absolute atomic E-state index is 0.303. The fraction of sp³-hybridized carbons (Fsp3) is 0.312. The van der Waals surface area contributed by atoms with Crippen LogP contribution in [0.5, 0.6) is 5.75 Å². The average Bonchev–Trinajstić information content (AvgIpc) is 2.93. The molecule has 5 heteroatoms. The molecule has 0 fully saturated rings. The first-order valence-electron chi connectivity index (χ1n) is 6.69. The Morgan fingerprint density at radius 3 is 2.67 bits per heavy atom. The minimum atomic E-state index is -0.716. The zero-order chi connectivity index (χ0) is 15.2. The normalized spacial score (nSPS) is 12.0. The van der Waals surface area contributed by atoms with Crippen LogP contribution in [0, 0.1) is 6.92 Å². The van der Waals surface area contributed by atoms with Crippen molar-refractivity contribution in [3.05, 3.63) is 53.5 Å². The molecule has 1 aromatic heterocycles. The summed E-state index contributed by atoms with van der Waals surface area (Å²) in [5.74, 6) is 1.69. The molecule has 0 saturated heterocycles. The summed E-state index contributed by atoms with van der Waals surface area (Å²) in [6, 6.07) is 10.7. The number of nitrogens with two attached hydrogens (primary N) is 1. The smallest absolute Gasteiger partial charge is 0.323 e. The molecule has 2 aromatic rings. The van der Waals surface area contributed by atoms with Crippen molar-refractivity contribution in [1.82, 2.24) is 0 Å². The Balaban J connectivity index is 1.91. The molecule has 0 saturated carbocycles. The number of para-hydroxylation sites is 1. The van der Waals surface area contributed by atoms with Crippen LogP contribution in [0.3, 0.4) is 0 Å². The number of hydrogen-bond donors (Lipinski definition) is 1. The summed E-state index contributed by atoms with van der Waals surface area (Å²) in [6.45, 7) is 2.32. The maximum atomic E-state index is 11.3. The van der Waals surface area contributed by atoms with Gasteiger partial charge in [0.1, 0.15) is 29.9 Å². The van der Waals surface area contributed by atoms with E-state index in [9.17, 15) is 4.79 Å². The Labute approximate surface area is 123 Å². The summed E-state index contributed by atoms with van der Waals surface area (Å²) in [5.41, 5.74) is 6.75. The summed E-state index contributed by atoms with van der Waals surface area (Å²) in [6.07, 6.45) is 0.303. The van der Waals surface area contributed by atoms with Crippen molar-refractivity contribution in [2.75, 3.05) is 7.11 Å². The Morgan fingerprint density at radius 1 is 1.24 bits per heavy atom. The maximum absolute atomic E-state index is 11.3. The molecule has 0 bridgehead atoms. The van der Waals surface area contributed by atoms with Gasteiger partial charge in [-0.05, 0) is 30.7 Å². The monoisotopic (exact) mass is 289 g/mol. The van der Waals surface area contributed by atoms with E-state index in [1.54, 1.807) is 6.07 Å². The molecule has 1 unspecified atom stereocenters. The summed E-state index contributed by atoms with van der Waals surface area (Å²) in [7, 11) is 1.31. The first-order valence-corrected chi connectivity index (χ1v) is 6.69. The second kappa shape index (κ2) is 6.95. The quantitative estimate of drug-likeness (QED) is 0.825. The van der Waals surface area contributed by atoms with Crippen LogP contribution < -0.4 is 10.5 Å². The highest BCUT2D eigenvalue weighted by atomic mass is 16.5. The Morgan fingerprint density at radius 2 is 1.95 bits per heavy atom. The molecule has 2 rings (SSSR count).